The Hall–Kier alpha value is 0.600. The molecule has 0 N–H and O–H groups in total. The fourth-order valence-corrected chi connectivity index (χ4v) is 6.05. The summed E-state index contributed by atoms with van der Waals surface area (Å²) in [6.07, 6.45) is 2.12. The van der Waals surface area contributed by atoms with Gasteiger partial charge < -0.3 is 0 Å². The van der Waals surface area contributed by atoms with E-state index in [1.807, 2.05) is 0 Å². The summed E-state index contributed by atoms with van der Waals surface area (Å²) in [5.41, 5.74) is 0. The van der Waals surface area contributed by atoms with Crippen LogP contribution in [0.1, 0.15) is 26.7 Å². The van der Waals surface area contributed by atoms with Gasteiger partial charge in [-0.25, -0.2) is 16.8 Å². The van der Waals surface area contributed by atoms with Crippen molar-refractivity contribution in [1.29, 1.82) is 0 Å². The molecule has 4 nitrogen and oxygen atoms in total. The second kappa shape index (κ2) is 11.2. The highest BCUT2D eigenvalue weighted by Gasteiger charge is 2.07. The summed E-state index contributed by atoms with van der Waals surface area (Å²) in [6.45, 7) is 3.35. The average molecular weight is 363 g/mol. The van der Waals surface area contributed by atoms with Gasteiger partial charge in [0.25, 0.3) is 0 Å². The lowest BCUT2D eigenvalue weighted by atomic mass is 10.4. The number of unbranched alkanes of at least 4 members (excludes halogenated alkanes) is 1. The summed E-state index contributed by atoms with van der Waals surface area (Å²) in [5, 5.41) is 0. The van der Waals surface area contributed by atoms with Crippen molar-refractivity contribution in [3.05, 3.63) is 0 Å². The van der Waals surface area contributed by atoms with E-state index in [4.69, 9.17) is 0 Å². The Morgan fingerprint density at radius 3 is 1.30 bits per heavy atom. The first kappa shape index (κ1) is 20.6. The fourth-order valence-electron chi connectivity index (χ4n) is 1.27. The van der Waals surface area contributed by atoms with Crippen LogP contribution in [0.2, 0.25) is 0 Å². The maximum absolute atomic E-state index is 11.2. The maximum atomic E-state index is 11.2. The molecule has 0 fully saturated rings. The van der Waals surface area contributed by atoms with Crippen LogP contribution < -0.4 is 0 Å². The molecule has 0 bridgehead atoms. The first-order chi connectivity index (χ1) is 9.33. The quantitative estimate of drug-likeness (QED) is 0.467. The fraction of sp³-hybridized carbons (Fsp3) is 1.00. The highest BCUT2D eigenvalue weighted by Crippen LogP contribution is 2.10. The molecule has 0 rings (SSSR count). The molecule has 0 radical (unpaired) electrons. The lowest BCUT2D eigenvalue weighted by Gasteiger charge is -2.03. The summed E-state index contributed by atoms with van der Waals surface area (Å²) in [5.74, 6) is 4.32. The number of thioether (sulfide) groups is 2. The van der Waals surface area contributed by atoms with Crippen LogP contribution in [0.5, 0.6) is 0 Å². The normalized spacial score (nSPS) is 12.7. The maximum Gasteiger partial charge on any atom is 0.150 e. The summed E-state index contributed by atoms with van der Waals surface area (Å²) in [6, 6.07) is 0. The molecule has 20 heavy (non-hydrogen) atoms. The van der Waals surface area contributed by atoms with Crippen molar-refractivity contribution in [2.45, 2.75) is 26.7 Å². The first-order valence-electron chi connectivity index (χ1n) is 6.89. The number of sulfone groups is 2. The minimum Gasteiger partial charge on any atom is -0.229 e. The molecule has 0 saturated carbocycles. The van der Waals surface area contributed by atoms with E-state index in [2.05, 4.69) is 0 Å². The van der Waals surface area contributed by atoms with Crippen LogP contribution >= 0.6 is 23.5 Å². The van der Waals surface area contributed by atoms with Crippen LogP contribution in [0, 0.1) is 0 Å². The highest BCUT2D eigenvalue weighted by molar-refractivity contribution is 8.01. The molecule has 8 heteroatoms. The van der Waals surface area contributed by atoms with Gasteiger partial charge in [-0.05, 0) is 24.3 Å². The third-order valence-corrected chi connectivity index (χ3v) is 8.85. The van der Waals surface area contributed by atoms with Crippen LogP contribution in [0.4, 0.5) is 0 Å². The molecule has 0 aliphatic rings. The van der Waals surface area contributed by atoms with Crippen molar-refractivity contribution in [3.8, 4) is 0 Å². The monoisotopic (exact) mass is 362 g/mol. The zero-order valence-corrected chi connectivity index (χ0v) is 15.6. The van der Waals surface area contributed by atoms with Crippen LogP contribution in [0.25, 0.3) is 0 Å². The largest absolute Gasteiger partial charge is 0.229 e. The lowest BCUT2D eigenvalue weighted by molar-refractivity contribution is 0.597. The molecule has 0 atom stereocenters. The third kappa shape index (κ3) is 12.3. The number of rotatable bonds is 13. The third-order valence-electron chi connectivity index (χ3n) is 2.78. The number of hydrogen-bond donors (Lipinski definition) is 0. The van der Waals surface area contributed by atoms with E-state index in [-0.39, 0.29) is 23.0 Å². The van der Waals surface area contributed by atoms with Gasteiger partial charge in [0.1, 0.15) is 0 Å². The van der Waals surface area contributed by atoms with Gasteiger partial charge in [0.15, 0.2) is 19.7 Å². The zero-order valence-electron chi connectivity index (χ0n) is 12.3. The minimum absolute atomic E-state index is 0.227. The van der Waals surface area contributed by atoms with Gasteiger partial charge in [-0.3, -0.25) is 0 Å². The molecular weight excluding hydrogens is 336 g/mol. The topological polar surface area (TPSA) is 68.3 Å². The Balaban J connectivity index is 3.34. The second-order valence-electron chi connectivity index (χ2n) is 4.40. The molecule has 0 aliphatic heterocycles. The van der Waals surface area contributed by atoms with Gasteiger partial charge in [-0.2, -0.15) is 23.5 Å². The van der Waals surface area contributed by atoms with Crippen LogP contribution in [-0.4, -0.2) is 62.9 Å². The summed E-state index contributed by atoms with van der Waals surface area (Å²) in [4.78, 5) is 0. The Labute approximate surface area is 132 Å². The molecule has 0 saturated heterocycles. The van der Waals surface area contributed by atoms with Crippen molar-refractivity contribution in [1.82, 2.24) is 0 Å². The summed E-state index contributed by atoms with van der Waals surface area (Å²) < 4.78 is 45.0. The smallest absolute Gasteiger partial charge is 0.150 e. The molecular formula is C12H26O4S4. The van der Waals surface area contributed by atoms with E-state index >= 15 is 0 Å². The molecule has 122 valence electrons. The van der Waals surface area contributed by atoms with Gasteiger partial charge in [0, 0.05) is 23.0 Å². The molecule has 0 aromatic carbocycles. The SMILES string of the molecule is CCS(=O)(=O)CCSCCCCSCCS(=O)(=O)CC. The van der Waals surface area contributed by atoms with Crippen LogP contribution in [-0.2, 0) is 19.7 Å². The van der Waals surface area contributed by atoms with E-state index in [1.54, 1.807) is 37.4 Å². The predicted octanol–water partition coefficient (Wildman–Crippen LogP) is 2.10. The van der Waals surface area contributed by atoms with E-state index in [0.29, 0.717) is 11.5 Å². The van der Waals surface area contributed by atoms with Crippen molar-refractivity contribution in [2.75, 3.05) is 46.0 Å². The van der Waals surface area contributed by atoms with Gasteiger partial charge >= 0.3 is 0 Å². The standard InChI is InChI=1S/C12H26O4S4/c1-3-19(13,14)11-9-17-7-5-6-8-18-10-12-20(15,16)4-2/h3-12H2,1-2H3. The van der Waals surface area contributed by atoms with E-state index in [9.17, 15) is 16.8 Å². The van der Waals surface area contributed by atoms with Crippen molar-refractivity contribution in [3.63, 3.8) is 0 Å². The number of hydrogen-bond acceptors (Lipinski definition) is 6. The Bertz CT molecular complexity index is 386. The zero-order chi connectivity index (χ0) is 15.5. The summed E-state index contributed by atoms with van der Waals surface area (Å²) >= 11 is 3.37. The molecule has 0 spiro atoms. The first-order valence-corrected chi connectivity index (χ1v) is 12.8. The second-order valence-corrected chi connectivity index (χ2v) is 11.8. The van der Waals surface area contributed by atoms with E-state index < -0.39 is 19.7 Å². The van der Waals surface area contributed by atoms with Gasteiger partial charge in [0.05, 0.1) is 11.5 Å². The van der Waals surface area contributed by atoms with Crippen molar-refractivity contribution >= 4 is 43.2 Å². The molecule has 0 aromatic heterocycles. The Morgan fingerprint density at radius 1 is 0.650 bits per heavy atom. The van der Waals surface area contributed by atoms with E-state index in [0.717, 1.165) is 24.3 Å². The highest BCUT2D eigenvalue weighted by atomic mass is 32.2. The summed E-state index contributed by atoms with van der Waals surface area (Å²) in [7, 11) is -5.65. The van der Waals surface area contributed by atoms with E-state index in [1.165, 1.54) is 0 Å². The average Bonchev–Trinajstić information content (AvgIpc) is 2.41. The van der Waals surface area contributed by atoms with Crippen molar-refractivity contribution < 1.29 is 16.8 Å². The van der Waals surface area contributed by atoms with Gasteiger partial charge in [-0.1, -0.05) is 13.8 Å². The molecule has 0 heterocycles. The van der Waals surface area contributed by atoms with Crippen LogP contribution in [0.15, 0.2) is 0 Å². The minimum atomic E-state index is -2.82. The van der Waals surface area contributed by atoms with Crippen molar-refractivity contribution in [2.24, 2.45) is 0 Å². The molecule has 0 amide bonds. The van der Waals surface area contributed by atoms with Crippen LogP contribution in [0.3, 0.4) is 0 Å². The van der Waals surface area contributed by atoms with Gasteiger partial charge in [0.2, 0.25) is 0 Å². The lowest BCUT2D eigenvalue weighted by Crippen LogP contribution is -2.11. The molecule has 0 unspecified atom stereocenters. The molecule has 0 aliphatic carbocycles. The predicted molar refractivity (Wildman–Crippen MR) is 92.5 cm³/mol. The Morgan fingerprint density at radius 2 is 1.00 bits per heavy atom. The molecule has 0 aromatic rings. The van der Waals surface area contributed by atoms with Gasteiger partial charge in [-0.15, -0.1) is 0 Å². The Kier molecular flexibility index (Phi) is 11.5.